The minimum Gasteiger partial charge on any atom is -0.360 e. The van der Waals surface area contributed by atoms with E-state index in [0.717, 1.165) is 19.1 Å². The lowest BCUT2D eigenvalue weighted by molar-refractivity contribution is 0.103. The molecule has 1 aliphatic carbocycles. The second kappa shape index (κ2) is 5.33. The van der Waals surface area contributed by atoms with Crippen molar-refractivity contribution in [3.05, 3.63) is 45.3 Å². The second-order valence-electron chi connectivity index (χ2n) is 5.97. The lowest BCUT2D eigenvalue weighted by Gasteiger charge is -2.10. The van der Waals surface area contributed by atoms with Crippen LogP contribution in [-0.2, 0) is 15.3 Å². The van der Waals surface area contributed by atoms with Gasteiger partial charge in [0.15, 0.2) is 21.4 Å². The van der Waals surface area contributed by atoms with Gasteiger partial charge in [-0.2, -0.15) is 0 Å². The smallest absolute Gasteiger partial charge is 0.199 e. The monoisotopic (exact) mass is 373 g/mol. The largest absolute Gasteiger partial charge is 0.360 e. The topological polar surface area (TPSA) is 77.2 Å². The van der Waals surface area contributed by atoms with Gasteiger partial charge in [-0.1, -0.05) is 35.3 Å². The van der Waals surface area contributed by atoms with Crippen molar-refractivity contribution in [1.29, 1.82) is 0 Å². The van der Waals surface area contributed by atoms with Gasteiger partial charge in [0.2, 0.25) is 0 Å². The molecule has 0 atom stereocenters. The van der Waals surface area contributed by atoms with Crippen molar-refractivity contribution in [2.45, 2.75) is 30.1 Å². The SMILES string of the molecule is CC1(c2oncc2C(=O)c2ccc(S(C)(=O)=O)c(Cl)c2Cl)CC1. The predicted octanol–water partition coefficient (Wildman–Crippen LogP) is 3.67. The first-order chi connectivity index (χ1) is 10.6. The molecule has 0 saturated heterocycles. The van der Waals surface area contributed by atoms with Crippen LogP contribution in [0, 0.1) is 0 Å². The summed E-state index contributed by atoms with van der Waals surface area (Å²) in [5.41, 5.74) is 0.276. The summed E-state index contributed by atoms with van der Waals surface area (Å²) >= 11 is 12.2. The molecule has 8 heteroatoms. The van der Waals surface area contributed by atoms with Gasteiger partial charge in [-0.25, -0.2) is 8.42 Å². The summed E-state index contributed by atoms with van der Waals surface area (Å²) in [4.78, 5) is 12.6. The Morgan fingerprint density at radius 2 is 1.87 bits per heavy atom. The van der Waals surface area contributed by atoms with Gasteiger partial charge in [-0.15, -0.1) is 0 Å². The summed E-state index contributed by atoms with van der Waals surface area (Å²) in [6, 6.07) is 2.64. The average Bonchev–Trinajstić information content (AvgIpc) is 3.02. The van der Waals surface area contributed by atoms with Crippen molar-refractivity contribution < 1.29 is 17.7 Å². The van der Waals surface area contributed by atoms with Crippen LogP contribution in [0.25, 0.3) is 0 Å². The zero-order chi connectivity index (χ0) is 17.0. The minimum absolute atomic E-state index is 0.0901. The van der Waals surface area contributed by atoms with Crippen molar-refractivity contribution in [3.63, 3.8) is 0 Å². The molecule has 0 amide bonds. The van der Waals surface area contributed by atoms with E-state index in [2.05, 4.69) is 5.16 Å². The highest BCUT2D eigenvalue weighted by atomic mass is 35.5. The number of carbonyl (C=O) groups excluding carboxylic acids is 1. The molecule has 0 N–H and O–H groups in total. The number of rotatable bonds is 4. The average molecular weight is 374 g/mol. The predicted molar refractivity (Wildman–Crippen MR) is 86.1 cm³/mol. The third-order valence-electron chi connectivity index (χ3n) is 4.05. The fraction of sp³-hybridized carbons (Fsp3) is 0.333. The Morgan fingerprint density at radius 1 is 1.22 bits per heavy atom. The molecule has 0 spiro atoms. The lowest BCUT2D eigenvalue weighted by Crippen LogP contribution is -2.10. The van der Waals surface area contributed by atoms with Crippen LogP contribution < -0.4 is 0 Å². The van der Waals surface area contributed by atoms with Gasteiger partial charge in [0.1, 0.15) is 0 Å². The molecule has 1 saturated carbocycles. The van der Waals surface area contributed by atoms with Gasteiger partial charge >= 0.3 is 0 Å². The lowest BCUT2D eigenvalue weighted by atomic mass is 9.97. The molecule has 0 unspecified atom stereocenters. The Kier molecular flexibility index (Phi) is 3.82. The minimum atomic E-state index is -3.53. The van der Waals surface area contributed by atoms with Crippen molar-refractivity contribution in [2.24, 2.45) is 0 Å². The summed E-state index contributed by atoms with van der Waals surface area (Å²) in [5, 5.41) is 3.47. The number of ketones is 1. The Labute approximate surface area is 143 Å². The van der Waals surface area contributed by atoms with Crippen molar-refractivity contribution in [2.75, 3.05) is 6.26 Å². The van der Waals surface area contributed by atoms with Crippen molar-refractivity contribution in [1.82, 2.24) is 5.16 Å². The van der Waals surface area contributed by atoms with Crippen LogP contribution >= 0.6 is 23.2 Å². The Hall–Kier alpha value is -1.37. The second-order valence-corrected chi connectivity index (χ2v) is 8.71. The van der Waals surface area contributed by atoms with Crippen LogP contribution in [-0.4, -0.2) is 25.6 Å². The van der Waals surface area contributed by atoms with E-state index in [0.29, 0.717) is 11.3 Å². The first kappa shape index (κ1) is 16.5. The van der Waals surface area contributed by atoms with Gasteiger partial charge in [0.25, 0.3) is 0 Å². The van der Waals surface area contributed by atoms with E-state index < -0.39 is 9.84 Å². The number of hydrogen-bond acceptors (Lipinski definition) is 5. The van der Waals surface area contributed by atoms with Crippen LogP contribution in [0.15, 0.2) is 27.7 Å². The molecule has 2 aromatic rings. The third-order valence-corrected chi connectivity index (χ3v) is 6.19. The van der Waals surface area contributed by atoms with Crippen LogP contribution in [0.1, 0.15) is 41.4 Å². The summed E-state index contributed by atoms with van der Waals surface area (Å²) in [7, 11) is -3.53. The molecule has 122 valence electrons. The number of hydrogen-bond donors (Lipinski definition) is 0. The van der Waals surface area contributed by atoms with Crippen LogP contribution in [0.5, 0.6) is 0 Å². The van der Waals surface area contributed by atoms with E-state index in [1.807, 2.05) is 6.92 Å². The van der Waals surface area contributed by atoms with Gasteiger partial charge in [0.05, 0.1) is 26.7 Å². The highest BCUT2D eigenvalue weighted by Gasteiger charge is 2.45. The molecule has 5 nitrogen and oxygen atoms in total. The summed E-state index contributed by atoms with van der Waals surface area (Å²) in [5.74, 6) is 0.142. The summed E-state index contributed by atoms with van der Waals surface area (Å²) in [6.45, 7) is 1.99. The number of carbonyl (C=O) groups is 1. The molecule has 3 rings (SSSR count). The molecular formula is C15H13Cl2NO4S. The molecule has 1 heterocycles. The van der Waals surface area contributed by atoms with Gasteiger partial charge < -0.3 is 4.52 Å². The molecule has 1 aromatic carbocycles. The summed E-state index contributed by atoms with van der Waals surface area (Å²) < 4.78 is 28.6. The quantitative estimate of drug-likeness (QED) is 0.764. The summed E-state index contributed by atoms with van der Waals surface area (Å²) in [6.07, 6.45) is 4.22. The third kappa shape index (κ3) is 2.79. The Bertz CT molecular complexity index is 914. The highest BCUT2D eigenvalue weighted by molar-refractivity contribution is 7.90. The van der Waals surface area contributed by atoms with Crippen LogP contribution in [0.3, 0.4) is 0 Å². The Balaban J connectivity index is 2.08. The van der Waals surface area contributed by atoms with Gasteiger partial charge in [-0.3, -0.25) is 4.79 Å². The van der Waals surface area contributed by atoms with Gasteiger partial charge in [-0.05, 0) is 25.0 Å². The fourth-order valence-corrected chi connectivity index (χ4v) is 4.02. The zero-order valence-corrected chi connectivity index (χ0v) is 14.7. The first-order valence-corrected chi connectivity index (χ1v) is 9.48. The molecule has 1 fully saturated rings. The van der Waals surface area contributed by atoms with Crippen molar-refractivity contribution >= 4 is 38.8 Å². The Morgan fingerprint density at radius 3 is 2.43 bits per heavy atom. The number of sulfone groups is 1. The standard InChI is InChI=1S/C15H13Cl2NO4S/c1-15(5-6-15)14-9(7-18-22-14)13(19)8-3-4-10(23(2,20)21)12(17)11(8)16/h3-4,7H,5-6H2,1-2H3. The van der Waals surface area contributed by atoms with E-state index in [9.17, 15) is 13.2 Å². The molecular weight excluding hydrogens is 361 g/mol. The fourth-order valence-electron chi connectivity index (χ4n) is 2.39. The van der Waals surface area contributed by atoms with E-state index >= 15 is 0 Å². The highest BCUT2D eigenvalue weighted by Crippen LogP contribution is 2.49. The number of halogens is 2. The van der Waals surface area contributed by atoms with E-state index in [4.69, 9.17) is 27.7 Å². The van der Waals surface area contributed by atoms with E-state index in [-0.39, 0.29) is 31.7 Å². The number of nitrogens with zero attached hydrogens (tertiary/aromatic N) is 1. The maximum absolute atomic E-state index is 12.7. The van der Waals surface area contributed by atoms with Crippen LogP contribution in [0.2, 0.25) is 10.0 Å². The van der Waals surface area contributed by atoms with Crippen LogP contribution in [0.4, 0.5) is 0 Å². The first-order valence-electron chi connectivity index (χ1n) is 6.83. The zero-order valence-electron chi connectivity index (χ0n) is 12.4. The van der Waals surface area contributed by atoms with Crippen molar-refractivity contribution in [3.8, 4) is 0 Å². The molecule has 23 heavy (non-hydrogen) atoms. The number of aromatic nitrogens is 1. The molecule has 0 aliphatic heterocycles. The van der Waals surface area contributed by atoms with Gasteiger partial charge in [0, 0.05) is 17.2 Å². The molecule has 1 aromatic heterocycles. The maximum atomic E-state index is 12.7. The normalized spacial score (nSPS) is 16.3. The number of benzene rings is 1. The molecule has 0 radical (unpaired) electrons. The maximum Gasteiger partial charge on any atom is 0.199 e. The molecule has 1 aliphatic rings. The molecule has 0 bridgehead atoms. The van der Waals surface area contributed by atoms with E-state index in [1.165, 1.54) is 18.3 Å². The van der Waals surface area contributed by atoms with E-state index in [1.54, 1.807) is 0 Å².